The number of hydrogen-bond acceptors (Lipinski definition) is 2. The van der Waals surface area contributed by atoms with E-state index in [2.05, 4.69) is 76.7 Å². The first kappa shape index (κ1) is 14.2. The standard InChI is InChI=1S/C17H18BrNS/c1-12(13-6-2-4-8-15(13)18)19-16-10-11-20-17-9-5-3-7-14(16)17/h2-9,12,16,19H,10-11H2,1H3/t12-,16?/m0/s1. The predicted molar refractivity (Wildman–Crippen MR) is 90.2 cm³/mol. The molecule has 1 aliphatic heterocycles. The van der Waals surface area contributed by atoms with Crippen LogP contribution in [-0.2, 0) is 0 Å². The molecule has 1 N–H and O–H groups in total. The number of rotatable bonds is 3. The largest absolute Gasteiger partial charge is 0.303 e. The van der Waals surface area contributed by atoms with Gasteiger partial charge in [-0.3, -0.25) is 0 Å². The zero-order valence-electron chi connectivity index (χ0n) is 11.5. The van der Waals surface area contributed by atoms with Crippen molar-refractivity contribution in [2.75, 3.05) is 5.75 Å². The van der Waals surface area contributed by atoms with E-state index in [1.165, 1.54) is 32.7 Å². The molecule has 2 atom stereocenters. The molecule has 0 bridgehead atoms. The Morgan fingerprint density at radius 1 is 1.15 bits per heavy atom. The first-order valence-corrected chi connectivity index (χ1v) is 8.76. The van der Waals surface area contributed by atoms with Crippen LogP contribution in [0.2, 0.25) is 0 Å². The Balaban J connectivity index is 1.81. The maximum absolute atomic E-state index is 3.79. The molecule has 0 spiro atoms. The van der Waals surface area contributed by atoms with Crippen molar-refractivity contribution in [2.45, 2.75) is 30.3 Å². The predicted octanol–water partition coefficient (Wildman–Crippen LogP) is 5.34. The third kappa shape index (κ3) is 2.95. The van der Waals surface area contributed by atoms with Gasteiger partial charge in [0.15, 0.2) is 0 Å². The lowest BCUT2D eigenvalue weighted by Gasteiger charge is -2.29. The summed E-state index contributed by atoms with van der Waals surface area (Å²) in [5.41, 5.74) is 2.77. The van der Waals surface area contributed by atoms with E-state index in [0.717, 1.165) is 0 Å². The minimum atomic E-state index is 0.340. The number of hydrogen-bond donors (Lipinski definition) is 1. The molecule has 3 rings (SSSR count). The lowest BCUT2D eigenvalue weighted by Crippen LogP contribution is -2.27. The highest BCUT2D eigenvalue weighted by Gasteiger charge is 2.22. The zero-order chi connectivity index (χ0) is 13.9. The van der Waals surface area contributed by atoms with Crippen molar-refractivity contribution in [1.29, 1.82) is 0 Å². The molecule has 1 aliphatic rings. The monoisotopic (exact) mass is 347 g/mol. The van der Waals surface area contributed by atoms with E-state index < -0.39 is 0 Å². The molecule has 1 heterocycles. The maximum Gasteiger partial charge on any atom is 0.0344 e. The molecular weight excluding hydrogens is 330 g/mol. The van der Waals surface area contributed by atoms with Gasteiger partial charge in [-0.2, -0.15) is 0 Å². The summed E-state index contributed by atoms with van der Waals surface area (Å²) in [6, 6.07) is 18.0. The number of fused-ring (bicyclic) bond motifs is 1. The summed E-state index contributed by atoms with van der Waals surface area (Å²) in [6.45, 7) is 2.24. The highest BCUT2D eigenvalue weighted by Crippen LogP contribution is 2.37. The van der Waals surface area contributed by atoms with E-state index >= 15 is 0 Å². The van der Waals surface area contributed by atoms with Crippen LogP contribution in [0.5, 0.6) is 0 Å². The van der Waals surface area contributed by atoms with Crippen LogP contribution >= 0.6 is 27.7 Å². The number of thioether (sulfide) groups is 1. The van der Waals surface area contributed by atoms with Gasteiger partial charge in [-0.15, -0.1) is 11.8 Å². The Morgan fingerprint density at radius 3 is 2.75 bits per heavy atom. The van der Waals surface area contributed by atoms with Crippen molar-refractivity contribution in [1.82, 2.24) is 5.32 Å². The van der Waals surface area contributed by atoms with Gasteiger partial charge in [0.05, 0.1) is 0 Å². The molecular formula is C17H18BrNS. The van der Waals surface area contributed by atoms with Crippen molar-refractivity contribution < 1.29 is 0 Å². The Labute approximate surface area is 133 Å². The highest BCUT2D eigenvalue weighted by molar-refractivity contribution is 9.10. The Hall–Kier alpha value is -0.770. The lowest BCUT2D eigenvalue weighted by molar-refractivity contribution is 0.449. The smallest absolute Gasteiger partial charge is 0.0344 e. The topological polar surface area (TPSA) is 12.0 Å². The van der Waals surface area contributed by atoms with E-state index in [0.29, 0.717) is 12.1 Å². The molecule has 0 saturated carbocycles. The van der Waals surface area contributed by atoms with E-state index in [1.54, 1.807) is 0 Å². The molecule has 20 heavy (non-hydrogen) atoms. The van der Waals surface area contributed by atoms with E-state index in [-0.39, 0.29) is 0 Å². The summed E-state index contributed by atoms with van der Waals surface area (Å²) in [5.74, 6) is 1.19. The summed E-state index contributed by atoms with van der Waals surface area (Å²) in [5, 5.41) is 3.79. The number of nitrogens with one attached hydrogen (secondary N) is 1. The number of halogens is 1. The molecule has 104 valence electrons. The van der Waals surface area contributed by atoms with Gasteiger partial charge >= 0.3 is 0 Å². The summed E-state index contributed by atoms with van der Waals surface area (Å²) >= 11 is 5.62. The van der Waals surface area contributed by atoms with Crippen LogP contribution in [0.1, 0.15) is 36.6 Å². The van der Waals surface area contributed by atoms with Crippen LogP contribution in [0.15, 0.2) is 57.9 Å². The average molecular weight is 348 g/mol. The van der Waals surface area contributed by atoms with Crippen molar-refractivity contribution >= 4 is 27.7 Å². The van der Waals surface area contributed by atoms with Gasteiger partial charge in [0.25, 0.3) is 0 Å². The second-order valence-electron chi connectivity index (χ2n) is 5.14. The van der Waals surface area contributed by atoms with Gasteiger partial charge in [0.1, 0.15) is 0 Å². The van der Waals surface area contributed by atoms with Crippen molar-refractivity contribution in [3.63, 3.8) is 0 Å². The first-order valence-electron chi connectivity index (χ1n) is 6.98. The van der Waals surface area contributed by atoms with Crippen molar-refractivity contribution in [3.05, 3.63) is 64.1 Å². The molecule has 2 aromatic rings. The SMILES string of the molecule is C[C@H](NC1CCSc2ccccc21)c1ccccc1Br. The zero-order valence-corrected chi connectivity index (χ0v) is 13.9. The van der Waals surface area contributed by atoms with Gasteiger partial charge < -0.3 is 5.32 Å². The minimum Gasteiger partial charge on any atom is -0.303 e. The summed E-state index contributed by atoms with van der Waals surface area (Å²) in [6.07, 6.45) is 1.19. The van der Waals surface area contributed by atoms with Gasteiger partial charge in [-0.05, 0) is 42.4 Å². The molecule has 0 amide bonds. The second kappa shape index (κ2) is 6.33. The fourth-order valence-electron chi connectivity index (χ4n) is 2.73. The Morgan fingerprint density at radius 2 is 1.90 bits per heavy atom. The second-order valence-corrected chi connectivity index (χ2v) is 7.13. The van der Waals surface area contributed by atoms with Gasteiger partial charge in [-0.1, -0.05) is 52.3 Å². The van der Waals surface area contributed by atoms with Crippen molar-refractivity contribution in [3.8, 4) is 0 Å². The molecule has 0 fully saturated rings. The molecule has 1 unspecified atom stereocenters. The fraction of sp³-hybridized carbons (Fsp3) is 0.294. The first-order chi connectivity index (χ1) is 9.75. The highest BCUT2D eigenvalue weighted by atomic mass is 79.9. The summed E-state index contributed by atoms with van der Waals surface area (Å²) in [4.78, 5) is 1.43. The Bertz CT molecular complexity index is 599. The van der Waals surface area contributed by atoms with Crippen LogP contribution in [0.3, 0.4) is 0 Å². The van der Waals surface area contributed by atoms with Gasteiger partial charge in [0.2, 0.25) is 0 Å². The maximum atomic E-state index is 3.79. The molecule has 0 aliphatic carbocycles. The van der Waals surface area contributed by atoms with Gasteiger partial charge in [-0.25, -0.2) is 0 Å². The quantitative estimate of drug-likeness (QED) is 0.804. The lowest BCUT2D eigenvalue weighted by atomic mass is 10.0. The van der Waals surface area contributed by atoms with Crippen LogP contribution in [-0.4, -0.2) is 5.75 Å². The van der Waals surface area contributed by atoms with Crippen LogP contribution in [0, 0.1) is 0 Å². The summed E-state index contributed by atoms with van der Waals surface area (Å²) in [7, 11) is 0. The average Bonchev–Trinajstić information content (AvgIpc) is 2.48. The Kier molecular flexibility index (Phi) is 4.49. The molecule has 1 nitrogen and oxygen atoms in total. The molecule has 0 radical (unpaired) electrons. The third-order valence-corrected chi connectivity index (χ3v) is 5.63. The van der Waals surface area contributed by atoms with E-state index in [9.17, 15) is 0 Å². The molecule has 3 heteroatoms. The van der Waals surface area contributed by atoms with Crippen LogP contribution in [0.25, 0.3) is 0 Å². The van der Waals surface area contributed by atoms with Crippen LogP contribution in [0.4, 0.5) is 0 Å². The van der Waals surface area contributed by atoms with E-state index in [1.807, 2.05) is 11.8 Å². The minimum absolute atomic E-state index is 0.340. The molecule has 0 aromatic heterocycles. The summed E-state index contributed by atoms with van der Waals surface area (Å²) < 4.78 is 1.18. The van der Waals surface area contributed by atoms with E-state index in [4.69, 9.17) is 0 Å². The number of benzene rings is 2. The fourth-order valence-corrected chi connectivity index (χ4v) is 4.49. The van der Waals surface area contributed by atoms with Crippen LogP contribution < -0.4 is 5.32 Å². The molecule has 0 saturated heterocycles. The van der Waals surface area contributed by atoms with Crippen molar-refractivity contribution in [2.24, 2.45) is 0 Å². The normalized spacial score (nSPS) is 19.4. The third-order valence-electron chi connectivity index (χ3n) is 3.78. The van der Waals surface area contributed by atoms with Gasteiger partial charge in [0, 0.05) is 21.5 Å². The molecule has 2 aromatic carbocycles.